The second-order valence-electron chi connectivity index (χ2n) is 15.3. The average Bonchev–Trinajstić information content (AvgIpc) is 3.29. The van der Waals surface area contributed by atoms with Crippen LogP contribution in [-0.4, -0.2) is 44.8 Å². The van der Waals surface area contributed by atoms with Crippen molar-refractivity contribution in [3.8, 4) is 0 Å². The van der Waals surface area contributed by atoms with E-state index in [0.29, 0.717) is 30.3 Å². The van der Waals surface area contributed by atoms with E-state index in [2.05, 4.69) is 32.6 Å². The van der Waals surface area contributed by atoms with Gasteiger partial charge in [-0.2, -0.15) is 0 Å². The summed E-state index contributed by atoms with van der Waals surface area (Å²) in [6.07, 6.45) is 24.8. The molecule has 3 aliphatic carbocycles. The average molecular weight is 587 g/mol. The SMILES string of the molecule is C=C1/C(=C\C=C2/CCC[C@]3(C)[C@@H]([C@H](C)CCCC(C)(C)O)CC[C@@H]23)C[C@@H](O)[C@@H](CCCCCCCCCCCO)[C@@H]1O. The van der Waals surface area contributed by atoms with Crippen LogP contribution in [0.25, 0.3) is 0 Å². The first-order valence-corrected chi connectivity index (χ1v) is 17.8. The molecule has 0 amide bonds. The predicted octanol–water partition coefficient (Wildman–Crippen LogP) is 8.82. The van der Waals surface area contributed by atoms with E-state index in [0.717, 1.165) is 68.4 Å². The van der Waals surface area contributed by atoms with Crippen molar-refractivity contribution in [3.05, 3.63) is 35.5 Å². The van der Waals surface area contributed by atoms with E-state index in [1.54, 1.807) is 5.57 Å². The maximum atomic E-state index is 11.1. The van der Waals surface area contributed by atoms with Gasteiger partial charge in [-0.05, 0) is 106 Å². The number of hydrogen-bond donors (Lipinski definition) is 4. The topological polar surface area (TPSA) is 80.9 Å². The van der Waals surface area contributed by atoms with Crippen molar-refractivity contribution in [3.63, 3.8) is 0 Å². The molecular weight excluding hydrogens is 520 g/mol. The summed E-state index contributed by atoms with van der Waals surface area (Å²) in [5.74, 6) is 1.95. The number of fused-ring (bicyclic) bond motifs is 1. The van der Waals surface area contributed by atoms with Gasteiger partial charge >= 0.3 is 0 Å². The van der Waals surface area contributed by atoms with Gasteiger partial charge in [0.05, 0.1) is 17.8 Å². The van der Waals surface area contributed by atoms with E-state index < -0.39 is 17.8 Å². The van der Waals surface area contributed by atoms with Crippen LogP contribution in [-0.2, 0) is 0 Å². The smallest absolute Gasteiger partial charge is 0.0839 e. The van der Waals surface area contributed by atoms with Crippen molar-refractivity contribution in [2.24, 2.45) is 29.1 Å². The van der Waals surface area contributed by atoms with Crippen LogP contribution in [0, 0.1) is 29.1 Å². The second-order valence-corrected chi connectivity index (χ2v) is 15.3. The Hall–Kier alpha value is -0.940. The lowest BCUT2D eigenvalue weighted by atomic mass is 9.60. The van der Waals surface area contributed by atoms with E-state index in [1.165, 1.54) is 64.2 Å². The molecule has 3 fully saturated rings. The lowest BCUT2D eigenvalue weighted by Crippen LogP contribution is -2.38. The summed E-state index contributed by atoms with van der Waals surface area (Å²) in [5.41, 5.74) is 3.19. The summed E-state index contributed by atoms with van der Waals surface area (Å²) in [5, 5.41) is 41.1. The highest BCUT2D eigenvalue weighted by atomic mass is 16.3. The number of rotatable bonds is 17. The maximum absolute atomic E-state index is 11.1. The third-order valence-electron chi connectivity index (χ3n) is 11.5. The minimum absolute atomic E-state index is 0.104. The molecular formula is C38H66O4. The zero-order valence-corrected chi connectivity index (χ0v) is 27.8. The van der Waals surface area contributed by atoms with Gasteiger partial charge in [0.15, 0.2) is 0 Å². The molecule has 4 nitrogen and oxygen atoms in total. The summed E-state index contributed by atoms with van der Waals surface area (Å²) >= 11 is 0. The van der Waals surface area contributed by atoms with Gasteiger partial charge in [0, 0.05) is 12.5 Å². The van der Waals surface area contributed by atoms with E-state index in [-0.39, 0.29) is 5.92 Å². The monoisotopic (exact) mass is 586 g/mol. The summed E-state index contributed by atoms with van der Waals surface area (Å²) in [6, 6.07) is 0. The van der Waals surface area contributed by atoms with Crippen molar-refractivity contribution in [1.29, 1.82) is 0 Å². The Morgan fingerprint density at radius 1 is 0.952 bits per heavy atom. The first-order valence-electron chi connectivity index (χ1n) is 17.8. The number of aliphatic hydroxyl groups excluding tert-OH is 3. The normalized spacial score (nSPS) is 33.0. The Labute approximate surface area is 258 Å². The molecule has 42 heavy (non-hydrogen) atoms. The highest BCUT2D eigenvalue weighted by Crippen LogP contribution is 2.60. The largest absolute Gasteiger partial charge is 0.396 e. The molecule has 0 heterocycles. The van der Waals surface area contributed by atoms with Gasteiger partial charge < -0.3 is 20.4 Å². The minimum Gasteiger partial charge on any atom is -0.396 e. The summed E-state index contributed by atoms with van der Waals surface area (Å²) < 4.78 is 0. The van der Waals surface area contributed by atoms with Crippen molar-refractivity contribution in [2.75, 3.05) is 6.61 Å². The van der Waals surface area contributed by atoms with Gasteiger partial charge in [0.2, 0.25) is 0 Å². The van der Waals surface area contributed by atoms with Crippen LogP contribution < -0.4 is 0 Å². The molecule has 7 atom stereocenters. The molecule has 3 aliphatic rings. The number of allylic oxidation sites excluding steroid dienone is 3. The fourth-order valence-electron chi connectivity index (χ4n) is 8.90. The third-order valence-corrected chi connectivity index (χ3v) is 11.5. The van der Waals surface area contributed by atoms with Gasteiger partial charge in [-0.1, -0.05) is 102 Å². The van der Waals surface area contributed by atoms with E-state index in [1.807, 2.05) is 13.8 Å². The zero-order valence-electron chi connectivity index (χ0n) is 27.8. The zero-order chi connectivity index (χ0) is 30.8. The van der Waals surface area contributed by atoms with Crippen LogP contribution in [0.4, 0.5) is 0 Å². The highest BCUT2D eigenvalue weighted by molar-refractivity contribution is 5.39. The molecule has 4 N–H and O–H groups in total. The molecule has 0 aromatic heterocycles. The molecule has 3 rings (SSSR count). The Balaban J connectivity index is 1.49. The van der Waals surface area contributed by atoms with Gasteiger partial charge in [-0.15, -0.1) is 0 Å². The lowest BCUT2D eigenvalue weighted by molar-refractivity contribution is 0.0129. The van der Waals surface area contributed by atoms with Gasteiger partial charge in [-0.25, -0.2) is 0 Å². The molecule has 0 aliphatic heterocycles. The molecule has 0 aromatic carbocycles. The predicted molar refractivity (Wildman–Crippen MR) is 176 cm³/mol. The van der Waals surface area contributed by atoms with Crippen LogP contribution in [0.2, 0.25) is 0 Å². The highest BCUT2D eigenvalue weighted by Gasteiger charge is 2.50. The van der Waals surface area contributed by atoms with Gasteiger partial charge in [0.25, 0.3) is 0 Å². The Morgan fingerprint density at radius 2 is 1.60 bits per heavy atom. The van der Waals surface area contributed by atoms with Crippen LogP contribution in [0.3, 0.4) is 0 Å². The van der Waals surface area contributed by atoms with E-state index in [9.17, 15) is 15.3 Å². The van der Waals surface area contributed by atoms with Crippen molar-refractivity contribution in [2.45, 2.75) is 167 Å². The third kappa shape index (κ3) is 10.0. The molecule has 0 unspecified atom stereocenters. The number of aliphatic hydroxyl groups is 4. The molecule has 3 saturated carbocycles. The van der Waals surface area contributed by atoms with E-state index >= 15 is 0 Å². The van der Waals surface area contributed by atoms with E-state index in [4.69, 9.17) is 5.11 Å². The van der Waals surface area contributed by atoms with Crippen LogP contribution in [0.5, 0.6) is 0 Å². The molecule has 0 spiro atoms. The first kappa shape index (κ1) is 35.5. The molecule has 242 valence electrons. The van der Waals surface area contributed by atoms with Crippen molar-refractivity contribution < 1.29 is 20.4 Å². The Morgan fingerprint density at radius 3 is 2.24 bits per heavy atom. The summed E-state index contributed by atoms with van der Waals surface area (Å²) in [4.78, 5) is 0. The molecule has 0 bridgehead atoms. The van der Waals surface area contributed by atoms with Crippen molar-refractivity contribution >= 4 is 0 Å². The fraction of sp³-hybridized carbons (Fsp3) is 0.842. The number of unbranched alkanes of at least 4 members (excludes halogenated alkanes) is 8. The molecule has 4 heteroatoms. The Bertz CT molecular complexity index is 882. The first-order chi connectivity index (χ1) is 20.0. The van der Waals surface area contributed by atoms with Gasteiger partial charge in [-0.3, -0.25) is 0 Å². The second kappa shape index (κ2) is 16.9. The van der Waals surface area contributed by atoms with Crippen LogP contribution in [0.15, 0.2) is 35.5 Å². The molecule has 0 aromatic rings. The minimum atomic E-state index is -0.651. The number of hydrogen-bond acceptors (Lipinski definition) is 4. The molecule has 0 saturated heterocycles. The Kier molecular flexibility index (Phi) is 14.3. The van der Waals surface area contributed by atoms with Gasteiger partial charge in [0.1, 0.15) is 0 Å². The lowest BCUT2D eigenvalue weighted by Gasteiger charge is -2.44. The quantitative estimate of drug-likeness (QED) is 0.128. The van der Waals surface area contributed by atoms with Crippen molar-refractivity contribution in [1.82, 2.24) is 0 Å². The van der Waals surface area contributed by atoms with Crippen LogP contribution >= 0.6 is 0 Å². The standard InChI is InChI=1S/C38H66O4/c1-28(17-15-24-37(3,4)42)33-22-23-34-30(18-16-25-38(33,34)5)20-21-31-27-35(40)32(36(41)29(31)2)19-13-11-9-7-6-8-10-12-14-26-39/h20-21,28,32-36,39-42H,2,6-19,22-27H2,1,3-5H3/b30-20+,31-21-/t28-,32-,33-,34+,35-,36-,38-/m1/s1. The fourth-order valence-corrected chi connectivity index (χ4v) is 8.90. The summed E-state index contributed by atoms with van der Waals surface area (Å²) in [6.45, 7) is 13.4. The van der Waals surface area contributed by atoms with Crippen LogP contribution in [0.1, 0.15) is 150 Å². The molecule has 0 radical (unpaired) electrons. The summed E-state index contributed by atoms with van der Waals surface area (Å²) in [7, 11) is 0. The maximum Gasteiger partial charge on any atom is 0.0839 e.